The minimum atomic E-state index is 0.794. The third-order valence-corrected chi connectivity index (χ3v) is 4.80. The fourth-order valence-electron chi connectivity index (χ4n) is 2.58. The van der Waals surface area contributed by atoms with E-state index in [1.807, 2.05) is 5.38 Å². The number of unbranched alkanes of at least 4 members (excludes halogenated alkanes) is 10. The van der Waals surface area contributed by atoms with Gasteiger partial charge in [-0.05, 0) is 12.8 Å². The molecule has 0 saturated carbocycles. The van der Waals surface area contributed by atoms with Crippen LogP contribution in [0, 0.1) is 0 Å². The van der Waals surface area contributed by atoms with Gasteiger partial charge in [0, 0.05) is 10.8 Å². The molecule has 0 N–H and O–H groups in total. The van der Waals surface area contributed by atoms with E-state index in [-0.39, 0.29) is 0 Å². The molecule has 2 nitrogen and oxygen atoms in total. The van der Waals surface area contributed by atoms with Gasteiger partial charge in [-0.2, -0.15) is 0 Å². The molecule has 0 unspecified atom stereocenters. The molecular weight excluding hydrogens is 304 g/mol. The van der Waals surface area contributed by atoms with Gasteiger partial charge in [0.15, 0.2) is 11.5 Å². The highest BCUT2D eigenvalue weighted by Gasteiger charge is 2.06. The van der Waals surface area contributed by atoms with Gasteiger partial charge in [-0.15, -0.1) is 11.3 Å². The SMILES string of the molecule is CCCCCCCCCCCCOc1cscc1OCCCC. The Kier molecular flexibility index (Phi) is 13.1. The van der Waals surface area contributed by atoms with Crippen molar-refractivity contribution >= 4 is 11.3 Å². The zero-order valence-electron chi connectivity index (χ0n) is 15.3. The monoisotopic (exact) mass is 340 g/mol. The van der Waals surface area contributed by atoms with E-state index in [0.717, 1.165) is 37.6 Å². The number of hydrogen-bond donors (Lipinski definition) is 0. The second-order valence-corrected chi connectivity index (χ2v) is 7.08. The largest absolute Gasteiger partial charge is 0.489 e. The Bertz CT molecular complexity index is 362. The second-order valence-electron chi connectivity index (χ2n) is 6.33. The van der Waals surface area contributed by atoms with Crippen LogP contribution in [-0.2, 0) is 0 Å². The summed E-state index contributed by atoms with van der Waals surface area (Å²) in [7, 11) is 0. The second kappa shape index (κ2) is 14.9. The van der Waals surface area contributed by atoms with Crippen LogP contribution in [0.2, 0.25) is 0 Å². The quantitative estimate of drug-likeness (QED) is 0.296. The lowest BCUT2D eigenvalue weighted by Crippen LogP contribution is -2.00. The predicted octanol–water partition coefficient (Wildman–Crippen LogP) is 7.23. The van der Waals surface area contributed by atoms with E-state index in [0.29, 0.717) is 0 Å². The van der Waals surface area contributed by atoms with E-state index in [4.69, 9.17) is 9.47 Å². The fourth-order valence-corrected chi connectivity index (χ4v) is 3.27. The smallest absolute Gasteiger partial charge is 0.171 e. The number of hydrogen-bond acceptors (Lipinski definition) is 3. The van der Waals surface area contributed by atoms with Crippen molar-refractivity contribution in [3.8, 4) is 11.5 Å². The minimum Gasteiger partial charge on any atom is -0.489 e. The van der Waals surface area contributed by atoms with E-state index in [1.165, 1.54) is 64.2 Å². The zero-order valence-corrected chi connectivity index (χ0v) is 16.1. The maximum absolute atomic E-state index is 5.87. The van der Waals surface area contributed by atoms with Crippen LogP contribution >= 0.6 is 11.3 Å². The van der Waals surface area contributed by atoms with Crippen LogP contribution in [0.1, 0.15) is 90.9 Å². The van der Waals surface area contributed by atoms with E-state index in [1.54, 1.807) is 11.3 Å². The Morgan fingerprint density at radius 3 is 1.57 bits per heavy atom. The molecule has 1 rings (SSSR count). The van der Waals surface area contributed by atoms with Gasteiger partial charge in [0.1, 0.15) is 0 Å². The summed E-state index contributed by atoms with van der Waals surface area (Å²) in [4.78, 5) is 0. The Morgan fingerprint density at radius 1 is 0.609 bits per heavy atom. The van der Waals surface area contributed by atoms with Crippen molar-refractivity contribution in [2.45, 2.75) is 90.9 Å². The normalized spacial score (nSPS) is 10.9. The van der Waals surface area contributed by atoms with Crippen LogP contribution in [0.3, 0.4) is 0 Å². The predicted molar refractivity (Wildman–Crippen MR) is 102 cm³/mol. The average Bonchev–Trinajstić information content (AvgIpc) is 3.00. The molecule has 0 aliphatic carbocycles. The van der Waals surface area contributed by atoms with Crippen molar-refractivity contribution in [2.75, 3.05) is 13.2 Å². The first-order valence-electron chi connectivity index (χ1n) is 9.70. The highest BCUT2D eigenvalue weighted by molar-refractivity contribution is 7.08. The molecule has 0 bridgehead atoms. The van der Waals surface area contributed by atoms with E-state index >= 15 is 0 Å². The van der Waals surface area contributed by atoms with E-state index < -0.39 is 0 Å². The first kappa shape index (κ1) is 20.3. The third-order valence-electron chi connectivity index (χ3n) is 4.10. The van der Waals surface area contributed by atoms with Crippen LogP contribution in [0.15, 0.2) is 10.8 Å². The minimum absolute atomic E-state index is 0.794. The van der Waals surface area contributed by atoms with E-state index in [9.17, 15) is 0 Å². The summed E-state index contributed by atoms with van der Waals surface area (Å²) in [6.07, 6.45) is 15.9. The summed E-state index contributed by atoms with van der Waals surface area (Å²) in [5, 5.41) is 4.10. The molecule has 1 heterocycles. The van der Waals surface area contributed by atoms with Gasteiger partial charge < -0.3 is 9.47 Å². The summed E-state index contributed by atoms with van der Waals surface area (Å²) >= 11 is 1.66. The van der Waals surface area contributed by atoms with E-state index in [2.05, 4.69) is 19.2 Å². The molecule has 0 aliphatic rings. The van der Waals surface area contributed by atoms with Crippen LogP contribution in [0.5, 0.6) is 11.5 Å². The molecular formula is C20H36O2S. The molecule has 0 saturated heterocycles. The van der Waals surface area contributed by atoms with Crippen molar-refractivity contribution in [3.63, 3.8) is 0 Å². The summed E-state index contributed by atoms with van der Waals surface area (Å²) in [6, 6.07) is 0. The lowest BCUT2D eigenvalue weighted by Gasteiger charge is -2.08. The zero-order chi connectivity index (χ0) is 16.6. The standard InChI is InChI=1S/C20H36O2S/c1-3-5-7-8-9-10-11-12-13-14-16-22-20-18-23-17-19(20)21-15-6-4-2/h17-18H,3-16H2,1-2H3. The Balaban J connectivity index is 1.94. The number of ether oxygens (including phenoxy) is 2. The molecule has 134 valence electrons. The Labute approximate surface area is 147 Å². The third kappa shape index (κ3) is 10.6. The summed E-state index contributed by atoms with van der Waals surface area (Å²) in [5.74, 6) is 1.86. The molecule has 0 fully saturated rings. The highest BCUT2D eigenvalue weighted by Crippen LogP contribution is 2.31. The van der Waals surface area contributed by atoms with Gasteiger partial charge in [-0.1, -0.05) is 78.1 Å². The summed E-state index contributed by atoms with van der Waals surface area (Å²) < 4.78 is 11.6. The van der Waals surface area contributed by atoms with Crippen molar-refractivity contribution in [2.24, 2.45) is 0 Å². The van der Waals surface area contributed by atoms with Crippen LogP contribution in [-0.4, -0.2) is 13.2 Å². The number of rotatable bonds is 16. The summed E-state index contributed by atoms with van der Waals surface area (Å²) in [5.41, 5.74) is 0. The molecule has 0 spiro atoms. The van der Waals surface area contributed by atoms with Gasteiger partial charge in [0.25, 0.3) is 0 Å². The van der Waals surface area contributed by atoms with Crippen molar-refractivity contribution in [1.82, 2.24) is 0 Å². The van der Waals surface area contributed by atoms with Gasteiger partial charge in [0.2, 0.25) is 0 Å². The molecule has 0 amide bonds. The molecule has 1 aromatic rings. The van der Waals surface area contributed by atoms with Crippen molar-refractivity contribution in [1.29, 1.82) is 0 Å². The maximum Gasteiger partial charge on any atom is 0.171 e. The Hall–Kier alpha value is -0.700. The number of thiophene rings is 1. The molecule has 1 aromatic heterocycles. The van der Waals surface area contributed by atoms with Crippen LogP contribution in [0.4, 0.5) is 0 Å². The van der Waals surface area contributed by atoms with Gasteiger partial charge in [-0.25, -0.2) is 0 Å². The van der Waals surface area contributed by atoms with Crippen LogP contribution < -0.4 is 9.47 Å². The molecule has 0 radical (unpaired) electrons. The highest BCUT2D eigenvalue weighted by atomic mass is 32.1. The lowest BCUT2D eigenvalue weighted by atomic mass is 10.1. The van der Waals surface area contributed by atoms with Gasteiger partial charge in [-0.3, -0.25) is 0 Å². The van der Waals surface area contributed by atoms with Crippen molar-refractivity contribution in [3.05, 3.63) is 10.8 Å². The molecule has 0 atom stereocenters. The molecule has 3 heteroatoms. The maximum atomic E-state index is 5.87. The first-order valence-corrected chi connectivity index (χ1v) is 10.6. The van der Waals surface area contributed by atoms with Crippen molar-refractivity contribution < 1.29 is 9.47 Å². The first-order chi connectivity index (χ1) is 11.4. The lowest BCUT2D eigenvalue weighted by molar-refractivity contribution is 0.262. The molecule has 0 aliphatic heterocycles. The summed E-state index contributed by atoms with van der Waals surface area (Å²) in [6.45, 7) is 6.07. The fraction of sp³-hybridized carbons (Fsp3) is 0.800. The van der Waals surface area contributed by atoms with Crippen LogP contribution in [0.25, 0.3) is 0 Å². The van der Waals surface area contributed by atoms with Gasteiger partial charge in [0.05, 0.1) is 13.2 Å². The topological polar surface area (TPSA) is 18.5 Å². The van der Waals surface area contributed by atoms with Gasteiger partial charge >= 0.3 is 0 Å². The Morgan fingerprint density at radius 2 is 1.04 bits per heavy atom. The molecule has 0 aromatic carbocycles. The average molecular weight is 341 g/mol. The molecule has 23 heavy (non-hydrogen) atoms.